The van der Waals surface area contributed by atoms with Crippen molar-refractivity contribution in [1.82, 2.24) is 19.7 Å². The highest BCUT2D eigenvalue weighted by molar-refractivity contribution is 7.99. The van der Waals surface area contributed by atoms with Gasteiger partial charge in [0.1, 0.15) is 21.7 Å². The third-order valence-corrected chi connectivity index (χ3v) is 7.13. The van der Waals surface area contributed by atoms with Gasteiger partial charge in [-0.3, -0.25) is 9.36 Å². The molecule has 0 N–H and O–H groups in total. The largest absolute Gasteiger partial charge is 0.494 e. The summed E-state index contributed by atoms with van der Waals surface area (Å²) >= 11 is 2.86. The average molecular weight is 448 g/mol. The van der Waals surface area contributed by atoms with Gasteiger partial charge in [-0.25, -0.2) is 4.98 Å². The van der Waals surface area contributed by atoms with E-state index in [0.717, 1.165) is 40.8 Å². The molecule has 154 valence electrons. The molecular weight excluding hydrogens is 430 g/mol. The zero-order valence-electron chi connectivity index (χ0n) is 16.7. The van der Waals surface area contributed by atoms with Crippen LogP contribution >= 0.6 is 23.1 Å². The summed E-state index contributed by atoms with van der Waals surface area (Å²) in [6.45, 7) is 2.51. The molecule has 0 amide bonds. The zero-order valence-corrected chi connectivity index (χ0v) is 18.3. The van der Waals surface area contributed by atoms with Crippen molar-refractivity contribution >= 4 is 33.3 Å². The van der Waals surface area contributed by atoms with Crippen molar-refractivity contribution in [2.75, 3.05) is 6.61 Å². The van der Waals surface area contributed by atoms with Crippen LogP contribution in [0.25, 0.3) is 15.9 Å². The number of thiophene rings is 1. The summed E-state index contributed by atoms with van der Waals surface area (Å²) in [7, 11) is 0. The van der Waals surface area contributed by atoms with E-state index in [2.05, 4.69) is 10.2 Å². The molecule has 0 saturated heterocycles. The first-order valence-electron chi connectivity index (χ1n) is 9.90. The maximum absolute atomic E-state index is 13.7. The lowest BCUT2D eigenvalue weighted by atomic mass is 10.2. The molecule has 31 heavy (non-hydrogen) atoms. The summed E-state index contributed by atoms with van der Waals surface area (Å²) in [5.74, 6) is 0.747. The first kappa shape index (κ1) is 19.7. The topological polar surface area (TPSA) is 93.7 Å². The number of aryl methyl sites for hydroxylation is 2. The van der Waals surface area contributed by atoms with Crippen LogP contribution in [-0.4, -0.2) is 26.4 Å². The number of nitrogens with zero attached hydrogens (tertiary/aromatic N) is 5. The van der Waals surface area contributed by atoms with Crippen molar-refractivity contribution in [2.24, 2.45) is 0 Å². The molecule has 0 saturated carbocycles. The quantitative estimate of drug-likeness (QED) is 0.424. The Hall–Kier alpha value is -3.22. The second-order valence-electron chi connectivity index (χ2n) is 6.97. The van der Waals surface area contributed by atoms with Gasteiger partial charge in [0, 0.05) is 4.88 Å². The number of rotatable bonds is 5. The molecule has 0 aliphatic heterocycles. The lowest BCUT2D eigenvalue weighted by molar-refractivity contribution is 0.340. The predicted octanol–water partition coefficient (Wildman–Crippen LogP) is 4.15. The van der Waals surface area contributed by atoms with E-state index in [4.69, 9.17) is 15.0 Å². The fraction of sp³-hybridized carbons (Fsp3) is 0.227. The normalized spacial score (nSPS) is 12.6. The second kappa shape index (κ2) is 8.13. The SMILES string of the molecule is CCOc1ccc(-n2c(Sc3ccc(C#N)nn3)nc3sc4c(c3c2=O)CCC4)cc1. The van der Waals surface area contributed by atoms with E-state index in [-0.39, 0.29) is 11.3 Å². The maximum Gasteiger partial charge on any atom is 0.267 e. The molecule has 1 aromatic carbocycles. The van der Waals surface area contributed by atoms with Crippen LogP contribution in [0.3, 0.4) is 0 Å². The minimum absolute atomic E-state index is 0.0716. The molecule has 0 unspecified atom stereocenters. The van der Waals surface area contributed by atoms with Gasteiger partial charge >= 0.3 is 0 Å². The van der Waals surface area contributed by atoms with Gasteiger partial charge in [0.2, 0.25) is 0 Å². The summed E-state index contributed by atoms with van der Waals surface area (Å²) in [6.07, 6.45) is 3.00. The molecule has 4 aromatic rings. The molecule has 3 heterocycles. The molecule has 5 rings (SSSR count). The van der Waals surface area contributed by atoms with E-state index in [1.165, 1.54) is 16.6 Å². The summed E-state index contributed by atoms with van der Waals surface area (Å²) in [4.78, 5) is 20.6. The van der Waals surface area contributed by atoms with E-state index >= 15 is 0 Å². The molecule has 3 aromatic heterocycles. The number of ether oxygens (including phenoxy) is 1. The van der Waals surface area contributed by atoms with Gasteiger partial charge in [0.05, 0.1) is 17.7 Å². The van der Waals surface area contributed by atoms with Gasteiger partial charge in [-0.2, -0.15) is 5.26 Å². The van der Waals surface area contributed by atoms with Gasteiger partial charge in [-0.1, -0.05) is 0 Å². The predicted molar refractivity (Wildman–Crippen MR) is 119 cm³/mol. The number of aromatic nitrogens is 4. The minimum atomic E-state index is -0.0716. The number of nitriles is 1. The smallest absolute Gasteiger partial charge is 0.267 e. The third-order valence-electron chi connectivity index (χ3n) is 5.06. The Bertz CT molecular complexity index is 1370. The van der Waals surface area contributed by atoms with E-state index in [1.54, 1.807) is 28.0 Å². The van der Waals surface area contributed by atoms with Gasteiger partial charge in [0.15, 0.2) is 10.9 Å². The van der Waals surface area contributed by atoms with Crippen LogP contribution < -0.4 is 10.3 Å². The molecular formula is C22H17N5O2S2. The molecule has 0 atom stereocenters. The van der Waals surface area contributed by atoms with Crippen molar-refractivity contribution in [3.63, 3.8) is 0 Å². The van der Waals surface area contributed by atoms with E-state index < -0.39 is 0 Å². The molecule has 0 radical (unpaired) electrons. The Morgan fingerprint density at radius 3 is 2.74 bits per heavy atom. The van der Waals surface area contributed by atoms with Gasteiger partial charge < -0.3 is 4.74 Å². The monoisotopic (exact) mass is 447 g/mol. The Morgan fingerprint density at radius 2 is 2.03 bits per heavy atom. The standard InChI is InChI=1S/C22H17N5O2S2/c1-2-29-15-9-7-14(8-10-15)27-21(28)19-16-4-3-5-17(16)30-20(19)24-22(27)31-18-11-6-13(12-23)25-26-18/h6-11H,2-5H2,1H3. The van der Waals surface area contributed by atoms with Crippen LogP contribution in [0.5, 0.6) is 5.75 Å². The zero-order chi connectivity index (χ0) is 21.4. The Morgan fingerprint density at radius 1 is 1.19 bits per heavy atom. The van der Waals surface area contributed by atoms with Gasteiger partial charge in [-0.15, -0.1) is 21.5 Å². The maximum atomic E-state index is 13.7. The average Bonchev–Trinajstić information content (AvgIpc) is 3.36. The lowest BCUT2D eigenvalue weighted by Gasteiger charge is -2.13. The van der Waals surface area contributed by atoms with Crippen molar-refractivity contribution < 1.29 is 4.74 Å². The van der Waals surface area contributed by atoms with Crippen LogP contribution in [0.2, 0.25) is 0 Å². The molecule has 1 aliphatic rings. The molecule has 1 aliphatic carbocycles. The number of hydrogen-bond acceptors (Lipinski definition) is 8. The summed E-state index contributed by atoms with van der Waals surface area (Å²) in [5, 5.41) is 18.7. The first-order chi connectivity index (χ1) is 15.2. The summed E-state index contributed by atoms with van der Waals surface area (Å²) in [6, 6.07) is 12.7. The Kier molecular flexibility index (Phi) is 5.18. The lowest BCUT2D eigenvalue weighted by Crippen LogP contribution is -2.21. The summed E-state index contributed by atoms with van der Waals surface area (Å²) in [5.41, 5.74) is 2.03. The van der Waals surface area contributed by atoms with Crippen molar-refractivity contribution in [2.45, 2.75) is 36.4 Å². The fourth-order valence-corrected chi connectivity index (χ4v) is 5.84. The Labute approximate surface area is 186 Å². The molecule has 0 fully saturated rings. The van der Waals surface area contributed by atoms with E-state index in [1.807, 2.05) is 37.3 Å². The third kappa shape index (κ3) is 3.58. The van der Waals surface area contributed by atoms with E-state index in [9.17, 15) is 4.79 Å². The van der Waals surface area contributed by atoms with Crippen molar-refractivity contribution in [3.8, 4) is 17.5 Å². The van der Waals surface area contributed by atoms with Gasteiger partial charge in [0.25, 0.3) is 5.56 Å². The van der Waals surface area contributed by atoms with Crippen LogP contribution in [0.4, 0.5) is 0 Å². The molecule has 9 heteroatoms. The van der Waals surface area contributed by atoms with Crippen LogP contribution in [0.1, 0.15) is 29.5 Å². The molecule has 0 spiro atoms. The van der Waals surface area contributed by atoms with Crippen LogP contribution in [-0.2, 0) is 12.8 Å². The number of benzene rings is 1. The molecule has 7 nitrogen and oxygen atoms in total. The van der Waals surface area contributed by atoms with E-state index in [0.29, 0.717) is 22.5 Å². The minimum Gasteiger partial charge on any atom is -0.494 e. The van der Waals surface area contributed by atoms with Crippen LogP contribution in [0.15, 0.2) is 51.4 Å². The Balaban J connectivity index is 1.68. The molecule has 0 bridgehead atoms. The second-order valence-corrected chi connectivity index (χ2v) is 9.04. The van der Waals surface area contributed by atoms with Crippen molar-refractivity contribution in [1.29, 1.82) is 5.26 Å². The fourth-order valence-electron chi connectivity index (χ4n) is 3.71. The van der Waals surface area contributed by atoms with Crippen LogP contribution in [0, 0.1) is 11.3 Å². The number of fused-ring (bicyclic) bond motifs is 3. The highest BCUT2D eigenvalue weighted by atomic mass is 32.2. The highest BCUT2D eigenvalue weighted by Crippen LogP contribution is 2.37. The first-order valence-corrected chi connectivity index (χ1v) is 11.5. The summed E-state index contributed by atoms with van der Waals surface area (Å²) < 4.78 is 7.17. The van der Waals surface area contributed by atoms with Crippen molar-refractivity contribution in [3.05, 3.63) is 62.9 Å². The highest BCUT2D eigenvalue weighted by Gasteiger charge is 2.24. The van der Waals surface area contributed by atoms with Gasteiger partial charge in [-0.05, 0) is 79.9 Å². The number of hydrogen-bond donors (Lipinski definition) is 0.